The molecule has 1 atom stereocenters. The van der Waals surface area contributed by atoms with Gasteiger partial charge in [-0.15, -0.1) is 0 Å². The molecule has 0 bridgehead atoms. The van der Waals surface area contributed by atoms with Gasteiger partial charge >= 0.3 is 6.18 Å². The Kier molecular flexibility index (Phi) is 3.64. The standard InChI is InChI=1S/C15H14F3N3O/c16-15(17,18)13-12(8-19-21-13)14(22)20-11-6-5-9-3-1-2-4-10(9)7-11/h1-4,8,11H,5-7H2,(H,19,21)(H,20,22). The monoisotopic (exact) mass is 309 g/mol. The van der Waals surface area contributed by atoms with Crippen molar-refractivity contribution in [1.82, 2.24) is 15.5 Å². The molecule has 3 rings (SSSR count). The number of benzene rings is 1. The first-order valence-electron chi connectivity index (χ1n) is 6.93. The summed E-state index contributed by atoms with van der Waals surface area (Å²) in [5, 5.41) is 7.85. The van der Waals surface area contributed by atoms with Crippen LogP contribution in [0.3, 0.4) is 0 Å². The van der Waals surface area contributed by atoms with Crippen LogP contribution in [0.15, 0.2) is 30.5 Å². The molecule has 1 aliphatic carbocycles. The summed E-state index contributed by atoms with van der Waals surface area (Å²) in [7, 11) is 0. The number of carbonyl (C=O) groups excluding carboxylic acids is 1. The van der Waals surface area contributed by atoms with E-state index in [1.165, 1.54) is 5.56 Å². The minimum absolute atomic E-state index is 0.168. The summed E-state index contributed by atoms with van der Waals surface area (Å²) in [6.07, 6.45) is -1.57. The molecule has 22 heavy (non-hydrogen) atoms. The molecule has 1 aliphatic rings. The number of aryl methyl sites for hydroxylation is 1. The number of H-pyrrole nitrogens is 1. The summed E-state index contributed by atoms with van der Waals surface area (Å²) in [6, 6.07) is 7.72. The number of halogens is 3. The number of hydrogen-bond donors (Lipinski definition) is 2. The van der Waals surface area contributed by atoms with E-state index in [1.807, 2.05) is 29.4 Å². The zero-order valence-electron chi connectivity index (χ0n) is 11.6. The number of hydrogen-bond acceptors (Lipinski definition) is 2. The smallest absolute Gasteiger partial charge is 0.349 e. The highest BCUT2D eigenvalue weighted by molar-refractivity contribution is 5.95. The Labute approximate surface area is 124 Å². The van der Waals surface area contributed by atoms with Gasteiger partial charge in [0.1, 0.15) is 0 Å². The van der Waals surface area contributed by atoms with Gasteiger partial charge < -0.3 is 5.32 Å². The maximum absolute atomic E-state index is 12.8. The fourth-order valence-electron chi connectivity index (χ4n) is 2.76. The Bertz CT molecular complexity index is 693. The molecule has 0 fully saturated rings. The van der Waals surface area contributed by atoms with Gasteiger partial charge in [0, 0.05) is 6.04 Å². The highest BCUT2D eigenvalue weighted by Crippen LogP contribution is 2.30. The van der Waals surface area contributed by atoms with E-state index >= 15 is 0 Å². The van der Waals surface area contributed by atoms with E-state index in [4.69, 9.17) is 0 Å². The molecule has 0 spiro atoms. The second-order valence-corrected chi connectivity index (χ2v) is 5.34. The third kappa shape index (κ3) is 2.84. The van der Waals surface area contributed by atoms with Crippen LogP contribution in [-0.4, -0.2) is 22.1 Å². The number of nitrogens with zero attached hydrogens (tertiary/aromatic N) is 1. The zero-order valence-corrected chi connectivity index (χ0v) is 11.6. The number of aromatic amines is 1. The van der Waals surface area contributed by atoms with Crippen molar-refractivity contribution in [1.29, 1.82) is 0 Å². The Morgan fingerprint density at radius 3 is 2.73 bits per heavy atom. The second-order valence-electron chi connectivity index (χ2n) is 5.34. The number of amides is 1. The lowest BCUT2D eigenvalue weighted by Gasteiger charge is -2.25. The van der Waals surface area contributed by atoms with Crippen LogP contribution in [0.4, 0.5) is 13.2 Å². The van der Waals surface area contributed by atoms with Gasteiger partial charge in [-0.2, -0.15) is 18.3 Å². The molecule has 0 aliphatic heterocycles. The van der Waals surface area contributed by atoms with Crippen molar-refractivity contribution in [2.75, 3.05) is 0 Å². The lowest BCUT2D eigenvalue weighted by atomic mass is 9.88. The summed E-state index contributed by atoms with van der Waals surface area (Å²) < 4.78 is 38.3. The normalized spacial score (nSPS) is 17.9. The van der Waals surface area contributed by atoms with Crippen molar-refractivity contribution < 1.29 is 18.0 Å². The highest BCUT2D eigenvalue weighted by atomic mass is 19.4. The molecular weight excluding hydrogens is 295 g/mol. The molecule has 0 saturated carbocycles. The Morgan fingerprint density at radius 2 is 2.00 bits per heavy atom. The number of alkyl halides is 3. The number of rotatable bonds is 2. The molecule has 1 heterocycles. The molecule has 1 aromatic carbocycles. The summed E-state index contributed by atoms with van der Waals surface area (Å²) >= 11 is 0. The first-order valence-corrected chi connectivity index (χ1v) is 6.93. The molecule has 1 unspecified atom stereocenters. The van der Waals surface area contributed by atoms with Crippen molar-refractivity contribution in [3.63, 3.8) is 0 Å². The van der Waals surface area contributed by atoms with Crippen molar-refractivity contribution in [3.05, 3.63) is 52.8 Å². The molecule has 7 heteroatoms. The molecule has 116 valence electrons. The van der Waals surface area contributed by atoms with E-state index in [-0.39, 0.29) is 6.04 Å². The molecule has 1 aromatic heterocycles. The van der Waals surface area contributed by atoms with Gasteiger partial charge in [-0.1, -0.05) is 24.3 Å². The largest absolute Gasteiger partial charge is 0.433 e. The summed E-state index contributed by atoms with van der Waals surface area (Å²) in [6.45, 7) is 0. The van der Waals surface area contributed by atoms with E-state index in [1.54, 1.807) is 0 Å². The van der Waals surface area contributed by atoms with E-state index < -0.39 is 23.3 Å². The SMILES string of the molecule is O=C(NC1CCc2ccccc2C1)c1cn[nH]c1C(F)(F)F. The topological polar surface area (TPSA) is 57.8 Å². The van der Waals surface area contributed by atoms with Gasteiger partial charge in [0.2, 0.25) is 0 Å². The lowest BCUT2D eigenvalue weighted by molar-refractivity contribution is -0.141. The highest BCUT2D eigenvalue weighted by Gasteiger charge is 2.38. The van der Waals surface area contributed by atoms with Gasteiger partial charge in [-0.05, 0) is 30.4 Å². The Hall–Kier alpha value is -2.31. The van der Waals surface area contributed by atoms with Gasteiger partial charge in [0.05, 0.1) is 11.8 Å². The van der Waals surface area contributed by atoms with Crippen molar-refractivity contribution >= 4 is 5.91 Å². The van der Waals surface area contributed by atoms with Crippen LogP contribution in [0.5, 0.6) is 0 Å². The molecule has 0 saturated heterocycles. The van der Waals surface area contributed by atoms with Crippen LogP contribution in [0, 0.1) is 0 Å². The van der Waals surface area contributed by atoms with E-state index in [2.05, 4.69) is 10.4 Å². The fourth-order valence-corrected chi connectivity index (χ4v) is 2.76. The van der Waals surface area contributed by atoms with Crippen molar-refractivity contribution in [3.8, 4) is 0 Å². The van der Waals surface area contributed by atoms with Gasteiger partial charge in [0.15, 0.2) is 5.69 Å². The Morgan fingerprint density at radius 1 is 1.27 bits per heavy atom. The molecule has 4 nitrogen and oxygen atoms in total. The van der Waals surface area contributed by atoms with Gasteiger partial charge in [-0.25, -0.2) is 0 Å². The maximum atomic E-state index is 12.8. The first-order chi connectivity index (χ1) is 10.4. The van der Waals surface area contributed by atoms with Crippen LogP contribution in [0.2, 0.25) is 0 Å². The Balaban J connectivity index is 1.73. The molecule has 0 radical (unpaired) electrons. The first kappa shape index (κ1) is 14.6. The quantitative estimate of drug-likeness (QED) is 0.896. The van der Waals surface area contributed by atoms with Crippen LogP contribution in [0.1, 0.15) is 33.6 Å². The summed E-state index contributed by atoms with van der Waals surface area (Å²) in [4.78, 5) is 12.1. The van der Waals surface area contributed by atoms with Crippen LogP contribution >= 0.6 is 0 Å². The molecular formula is C15H14F3N3O. The number of fused-ring (bicyclic) bond motifs is 1. The zero-order chi connectivity index (χ0) is 15.7. The van der Waals surface area contributed by atoms with Crippen molar-refractivity contribution in [2.24, 2.45) is 0 Å². The van der Waals surface area contributed by atoms with Crippen molar-refractivity contribution in [2.45, 2.75) is 31.5 Å². The maximum Gasteiger partial charge on any atom is 0.433 e. The van der Waals surface area contributed by atoms with E-state index in [0.29, 0.717) is 12.8 Å². The van der Waals surface area contributed by atoms with E-state index in [9.17, 15) is 18.0 Å². The minimum atomic E-state index is -4.62. The average molecular weight is 309 g/mol. The molecule has 2 N–H and O–H groups in total. The molecule has 2 aromatic rings. The number of nitrogens with one attached hydrogen (secondary N) is 2. The summed E-state index contributed by atoms with van der Waals surface area (Å²) in [5.74, 6) is -0.745. The van der Waals surface area contributed by atoms with Crippen LogP contribution in [-0.2, 0) is 19.0 Å². The predicted molar refractivity (Wildman–Crippen MR) is 73.3 cm³/mol. The number of carbonyl (C=O) groups is 1. The fraction of sp³-hybridized carbons (Fsp3) is 0.333. The third-order valence-corrected chi connectivity index (χ3v) is 3.85. The lowest BCUT2D eigenvalue weighted by Crippen LogP contribution is -2.39. The van der Waals surface area contributed by atoms with Crippen LogP contribution < -0.4 is 5.32 Å². The predicted octanol–water partition coefficient (Wildman–Crippen LogP) is 2.72. The average Bonchev–Trinajstić information content (AvgIpc) is 2.97. The van der Waals surface area contributed by atoms with Gasteiger partial charge in [-0.3, -0.25) is 9.89 Å². The molecule has 1 amide bonds. The van der Waals surface area contributed by atoms with Crippen LogP contribution in [0.25, 0.3) is 0 Å². The third-order valence-electron chi connectivity index (χ3n) is 3.85. The minimum Gasteiger partial charge on any atom is -0.349 e. The second kappa shape index (κ2) is 5.47. The van der Waals surface area contributed by atoms with Gasteiger partial charge in [0.25, 0.3) is 5.91 Å². The van der Waals surface area contributed by atoms with E-state index in [0.717, 1.165) is 18.2 Å². The number of aromatic nitrogens is 2. The summed E-state index contributed by atoms with van der Waals surface area (Å²) in [5.41, 5.74) is 0.780.